The van der Waals surface area contributed by atoms with Crippen LogP contribution in [-0.4, -0.2) is 16.2 Å². The smallest absolute Gasteiger partial charge is 0.404 e. The van der Waals surface area contributed by atoms with Crippen molar-refractivity contribution >= 4 is 44.5 Å². The molecular formula is C11H8BrClN2O2. The molecule has 2 aromatic rings. The number of rotatable bonds is 2. The SMILES string of the molecule is O=C(O)NCc1cc(Cl)c2ncccc2c1Br. The Bertz CT molecular complexity index is 589. The van der Waals surface area contributed by atoms with Crippen molar-refractivity contribution in [3.63, 3.8) is 0 Å². The number of hydrogen-bond donors (Lipinski definition) is 2. The van der Waals surface area contributed by atoms with Gasteiger partial charge in [-0.2, -0.15) is 0 Å². The van der Waals surface area contributed by atoms with Crippen LogP contribution in [0.4, 0.5) is 4.79 Å². The van der Waals surface area contributed by atoms with Gasteiger partial charge in [0.15, 0.2) is 0 Å². The van der Waals surface area contributed by atoms with Crippen molar-refractivity contribution in [3.05, 3.63) is 39.5 Å². The average molecular weight is 316 g/mol. The maximum atomic E-state index is 10.5. The van der Waals surface area contributed by atoms with Crippen LogP contribution in [0.2, 0.25) is 5.02 Å². The summed E-state index contributed by atoms with van der Waals surface area (Å²) >= 11 is 9.53. The standard InChI is InChI=1S/C11H8BrClN2O2/c12-9-6(5-15-11(16)17)4-8(13)10-7(9)2-1-3-14-10/h1-4,15H,5H2,(H,16,17). The lowest BCUT2D eigenvalue weighted by Crippen LogP contribution is -2.20. The van der Waals surface area contributed by atoms with Gasteiger partial charge in [0.25, 0.3) is 0 Å². The number of halogens is 2. The first-order chi connectivity index (χ1) is 8.09. The van der Waals surface area contributed by atoms with E-state index in [4.69, 9.17) is 16.7 Å². The molecule has 6 heteroatoms. The van der Waals surface area contributed by atoms with Gasteiger partial charge in [0, 0.05) is 22.6 Å². The third-order valence-corrected chi connectivity index (χ3v) is 3.51. The Balaban J connectivity index is 2.51. The van der Waals surface area contributed by atoms with Crippen molar-refractivity contribution in [2.75, 3.05) is 0 Å². The van der Waals surface area contributed by atoms with Crippen LogP contribution in [0, 0.1) is 0 Å². The van der Waals surface area contributed by atoms with E-state index in [1.165, 1.54) is 0 Å². The van der Waals surface area contributed by atoms with E-state index < -0.39 is 6.09 Å². The van der Waals surface area contributed by atoms with E-state index in [2.05, 4.69) is 26.2 Å². The highest BCUT2D eigenvalue weighted by Gasteiger charge is 2.10. The van der Waals surface area contributed by atoms with Crippen molar-refractivity contribution in [1.29, 1.82) is 0 Å². The molecule has 2 N–H and O–H groups in total. The zero-order valence-electron chi connectivity index (χ0n) is 8.58. The zero-order chi connectivity index (χ0) is 12.4. The van der Waals surface area contributed by atoms with Crippen LogP contribution in [-0.2, 0) is 6.54 Å². The van der Waals surface area contributed by atoms with Gasteiger partial charge in [-0.3, -0.25) is 4.98 Å². The monoisotopic (exact) mass is 314 g/mol. The van der Waals surface area contributed by atoms with E-state index in [9.17, 15) is 4.79 Å². The van der Waals surface area contributed by atoms with Crippen LogP contribution in [0.15, 0.2) is 28.9 Å². The Morgan fingerprint density at radius 3 is 3.06 bits per heavy atom. The van der Waals surface area contributed by atoms with Gasteiger partial charge in [-0.25, -0.2) is 4.79 Å². The van der Waals surface area contributed by atoms with Crippen LogP contribution in [0.25, 0.3) is 10.9 Å². The van der Waals surface area contributed by atoms with Gasteiger partial charge >= 0.3 is 6.09 Å². The molecule has 0 saturated carbocycles. The van der Waals surface area contributed by atoms with Gasteiger partial charge in [-0.1, -0.05) is 17.7 Å². The van der Waals surface area contributed by atoms with E-state index in [-0.39, 0.29) is 6.54 Å². The molecular weight excluding hydrogens is 307 g/mol. The van der Waals surface area contributed by atoms with Gasteiger partial charge in [-0.15, -0.1) is 0 Å². The number of carbonyl (C=O) groups is 1. The number of nitrogens with one attached hydrogen (secondary N) is 1. The predicted octanol–water partition coefficient (Wildman–Crippen LogP) is 3.42. The molecule has 0 bridgehead atoms. The van der Waals surface area contributed by atoms with E-state index in [1.807, 2.05) is 6.07 Å². The summed E-state index contributed by atoms with van der Waals surface area (Å²) in [4.78, 5) is 14.6. The number of nitrogens with zero attached hydrogens (tertiary/aromatic N) is 1. The number of fused-ring (bicyclic) bond motifs is 1. The molecule has 0 aliphatic heterocycles. The second-order valence-corrected chi connectivity index (χ2v) is 4.59. The number of benzene rings is 1. The van der Waals surface area contributed by atoms with Crippen molar-refractivity contribution in [1.82, 2.24) is 10.3 Å². The Hall–Kier alpha value is -1.33. The third kappa shape index (κ3) is 2.50. The molecule has 1 aromatic carbocycles. The highest BCUT2D eigenvalue weighted by Crippen LogP contribution is 2.31. The van der Waals surface area contributed by atoms with Crippen LogP contribution >= 0.6 is 27.5 Å². The maximum Gasteiger partial charge on any atom is 0.404 e. The summed E-state index contributed by atoms with van der Waals surface area (Å²) in [7, 11) is 0. The minimum absolute atomic E-state index is 0.195. The van der Waals surface area contributed by atoms with Crippen molar-refractivity contribution in [2.24, 2.45) is 0 Å². The van der Waals surface area contributed by atoms with Crippen LogP contribution in [0.3, 0.4) is 0 Å². The highest BCUT2D eigenvalue weighted by molar-refractivity contribution is 9.10. The average Bonchev–Trinajstić information content (AvgIpc) is 2.32. The molecule has 0 spiro atoms. The summed E-state index contributed by atoms with van der Waals surface area (Å²) < 4.78 is 0.804. The molecule has 1 aromatic heterocycles. The summed E-state index contributed by atoms with van der Waals surface area (Å²) in [6.07, 6.45) is 0.592. The maximum absolute atomic E-state index is 10.5. The van der Waals surface area contributed by atoms with E-state index in [0.29, 0.717) is 10.5 Å². The van der Waals surface area contributed by atoms with E-state index >= 15 is 0 Å². The molecule has 0 saturated heterocycles. The van der Waals surface area contributed by atoms with Crippen LogP contribution in [0.1, 0.15) is 5.56 Å². The number of hydrogen-bond acceptors (Lipinski definition) is 2. The number of amides is 1. The van der Waals surface area contributed by atoms with Crippen molar-refractivity contribution < 1.29 is 9.90 Å². The van der Waals surface area contributed by atoms with E-state index in [1.54, 1.807) is 18.3 Å². The number of carboxylic acid groups (broad SMARTS) is 1. The minimum Gasteiger partial charge on any atom is -0.465 e. The van der Waals surface area contributed by atoms with Crippen LogP contribution in [0.5, 0.6) is 0 Å². The Kier molecular flexibility index (Phi) is 3.49. The molecule has 0 unspecified atom stereocenters. The lowest BCUT2D eigenvalue weighted by molar-refractivity contribution is 0.194. The van der Waals surface area contributed by atoms with Gasteiger partial charge in [0.1, 0.15) is 0 Å². The Labute approximate surface area is 111 Å². The molecule has 0 aliphatic carbocycles. The summed E-state index contributed by atoms with van der Waals surface area (Å²) in [5.41, 5.74) is 1.47. The summed E-state index contributed by atoms with van der Waals surface area (Å²) in [6, 6.07) is 5.39. The normalized spacial score (nSPS) is 10.5. The Morgan fingerprint density at radius 2 is 2.35 bits per heavy atom. The molecule has 0 aliphatic rings. The lowest BCUT2D eigenvalue weighted by Gasteiger charge is -2.09. The first-order valence-electron chi connectivity index (χ1n) is 4.78. The van der Waals surface area contributed by atoms with E-state index in [0.717, 1.165) is 15.4 Å². The van der Waals surface area contributed by atoms with Crippen molar-refractivity contribution in [3.8, 4) is 0 Å². The molecule has 1 amide bonds. The number of aromatic nitrogens is 1. The van der Waals surface area contributed by atoms with Gasteiger partial charge < -0.3 is 10.4 Å². The molecule has 0 fully saturated rings. The van der Waals surface area contributed by atoms with Crippen LogP contribution < -0.4 is 5.32 Å². The molecule has 88 valence electrons. The third-order valence-electron chi connectivity index (χ3n) is 2.28. The second-order valence-electron chi connectivity index (χ2n) is 3.39. The minimum atomic E-state index is -1.07. The fraction of sp³-hybridized carbons (Fsp3) is 0.0909. The van der Waals surface area contributed by atoms with Gasteiger partial charge in [0.05, 0.1) is 10.5 Å². The lowest BCUT2D eigenvalue weighted by atomic mass is 10.1. The molecule has 17 heavy (non-hydrogen) atoms. The fourth-order valence-electron chi connectivity index (χ4n) is 1.53. The first kappa shape index (κ1) is 12.1. The first-order valence-corrected chi connectivity index (χ1v) is 5.95. The Morgan fingerprint density at radius 1 is 1.59 bits per heavy atom. The molecule has 0 atom stereocenters. The predicted molar refractivity (Wildman–Crippen MR) is 69.3 cm³/mol. The highest BCUT2D eigenvalue weighted by atomic mass is 79.9. The quantitative estimate of drug-likeness (QED) is 0.892. The van der Waals surface area contributed by atoms with Crippen molar-refractivity contribution in [2.45, 2.75) is 6.54 Å². The molecule has 4 nitrogen and oxygen atoms in total. The largest absolute Gasteiger partial charge is 0.465 e. The molecule has 2 rings (SSSR count). The number of pyridine rings is 1. The molecule has 0 radical (unpaired) electrons. The second kappa shape index (κ2) is 4.89. The summed E-state index contributed by atoms with van der Waals surface area (Å²) in [5.74, 6) is 0. The topological polar surface area (TPSA) is 62.2 Å². The summed E-state index contributed by atoms with van der Waals surface area (Å²) in [5, 5.41) is 12.2. The van der Waals surface area contributed by atoms with Gasteiger partial charge in [0.2, 0.25) is 0 Å². The molecule has 1 heterocycles. The summed E-state index contributed by atoms with van der Waals surface area (Å²) in [6.45, 7) is 0.195. The fourth-order valence-corrected chi connectivity index (χ4v) is 2.39. The van der Waals surface area contributed by atoms with Gasteiger partial charge in [-0.05, 0) is 33.6 Å². The zero-order valence-corrected chi connectivity index (χ0v) is 10.9.